The molecule has 0 heterocycles. The number of fused-ring (bicyclic) bond motifs is 5. The Morgan fingerprint density at radius 3 is 2.64 bits per heavy atom. The van der Waals surface area contributed by atoms with Gasteiger partial charge in [-0.1, -0.05) is 13.0 Å². The van der Waals surface area contributed by atoms with Gasteiger partial charge in [-0.15, -0.1) is 6.58 Å². The quantitative estimate of drug-likeness (QED) is 0.675. The van der Waals surface area contributed by atoms with Crippen molar-refractivity contribution in [2.45, 2.75) is 64.7 Å². The minimum absolute atomic E-state index is 0.0408. The third kappa shape index (κ3) is 1.73. The summed E-state index contributed by atoms with van der Waals surface area (Å²) >= 11 is 0. The number of carbonyl (C=O) groups excluding carboxylic acids is 2. The van der Waals surface area contributed by atoms with Crippen molar-refractivity contribution in [2.75, 3.05) is 0 Å². The normalized spacial score (nSPS) is 51.0. The number of hydrogen-bond acceptors (Lipinski definition) is 2. The smallest absolute Gasteiger partial charge is 0.139 e. The molecule has 0 amide bonds. The molecule has 4 aliphatic carbocycles. The molecule has 0 radical (unpaired) electrons. The van der Waals surface area contributed by atoms with Gasteiger partial charge in [0.25, 0.3) is 0 Å². The van der Waals surface area contributed by atoms with E-state index in [0.29, 0.717) is 35.2 Å². The molecule has 2 nitrogen and oxygen atoms in total. The summed E-state index contributed by atoms with van der Waals surface area (Å²) in [5, 5.41) is 0. The van der Waals surface area contributed by atoms with Gasteiger partial charge in [-0.3, -0.25) is 9.59 Å². The topological polar surface area (TPSA) is 34.1 Å². The zero-order chi connectivity index (χ0) is 15.5. The van der Waals surface area contributed by atoms with Crippen molar-refractivity contribution < 1.29 is 9.59 Å². The summed E-state index contributed by atoms with van der Waals surface area (Å²) in [6.07, 6.45) is 11.3. The molecule has 120 valence electrons. The van der Waals surface area contributed by atoms with Crippen LogP contribution in [0.3, 0.4) is 0 Å². The van der Waals surface area contributed by atoms with E-state index in [-0.39, 0.29) is 10.8 Å². The van der Waals surface area contributed by atoms with E-state index < -0.39 is 0 Å². The SMILES string of the molecule is C=C[C@]12CCC(=O)C[C@@H]1CC[C@H]1C3CCC(=O)[C@@]3(C)CCC12. The van der Waals surface area contributed by atoms with Gasteiger partial charge in [0.1, 0.15) is 11.6 Å². The lowest BCUT2D eigenvalue weighted by Crippen LogP contribution is -2.54. The molecule has 6 atom stereocenters. The maximum Gasteiger partial charge on any atom is 0.139 e. The fourth-order valence-corrected chi connectivity index (χ4v) is 6.93. The molecule has 4 fully saturated rings. The Hall–Kier alpha value is -0.920. The van der Waals surface area contributed by atoms with Crippen molar-refractivity contribution in [2.24, 2.45) is 34.5 Å². The maximum atomic E-state index is 12.4. The van der Waals surface area contributed by atoms with E-state index in [0.717, 1.165) is 38.5 Å². The van der Waals surface area contributed by atoms with Crippen LogP contribution in [0.15, 0.2) is 12.7 Å². The average molecular weight is 300 g/mol. The third-order valence-corrected chi connectivity index (χ3v) is 8.14. The van der Waals surface area contributed by atoms with Gasteiger partial charge < -0.3 is 0 Å². The molecule has 0 aromatic carbocycles. The van der Waals surface area contributed by atoms with Gasteiger partial charge in [-0.25, -0.2) is 0 Å². The van der Waals surface area contributed by atoms with Crippen molar-refractivity contribution >= 4 is 11.6 Å². The largest absolute Gasteiger partial charge is 0.300 e. The van der Waals surface area contributed by atoms with Crippen molar-refractivity contribution in [1.29, 1.82) is 0 Å². The van der Waals surface area contributed by atoms with Crippen molar-refractivity contribution in [3.63, 3.8) is 0 Å². The molecule has 4 aliphatic rings. The Morgan fingerprint density at radius 2 is 1.86 bits per heavy atom. The summed E-state index contributed by atoms with van der Waals surface area (Å²) in [6, 6.07) is 0. The van der Waals surface area contributed by atoms with Gasteiger partial charge in [0.2, 0.25) is 0 Å². The fourth-order valence-electron chi connectivity index (χ4n) is 6.93. The van der Waals surface area contributed by atoms with E-state index in [1.54, 1.807) is 0 Å². The Balaban J connectivity index is 1.69. The third-order valence-electron chi connectivity index (χ3n) is 8.14. The highest BCUT2D eigenvalue weighted by atomic mass is 16.1. The van der Waals surface area contributed by atoms with E-state index in [1.807, 2.05) is 0 Å². The van der Waals surface area contributed by atoms with E-state index in [9.17, 15) is 9.59 Å². The molecular formula is C20H28O2. The molecular weight excluding hydrogens is 272 g/mol. The number of allylic oxidation sites excluding steroid dienone is 1. The van der Waals surface area contributed by atoms with Crippen molar-refractivity contribution in [3.8, 4) is 0 Å². The first-order valence-electron chi connectivity index (χ1n) is 9.20. The summed E-state index contributed by atoms with van der Waals surface area (Å²) in [4.78, 5) is 24.3. The van der Waals surface area contributed by atoms with Crippen LogP contribution in [-0.2, 0) is 9.59 Å². The second-order valence-corrected chi connectivity index (χ2v) is 8.63. The summed E-state index contributed by atoms with van der Waals surface area (Å²) < 4.78 is 0. The molecule has 4 saturated carbocycles. The molecule has 0 aromatic rings. The van der Waals surface area contributed by atoms with Gasteiger partial charge in [0, 0.05) is 24.7 Å². The lowest BCUT2D eigenvalue weighted by molar-refractivity contribution is -0.140. The monoisotopic (exact) mass is 300 g/mol. The van der Waals surface area contributed by atoms with E-state index in [4.69, 9.17) is 0 Å². The van der Waals surface area contributed by atoms with Crippen LogP contribution in [0, 0.1) is 34.5 Å². The second kappa shape index (κ2) is 4.79. The number of rotatable bonds is 1. The number of ketones is 2. The van der Waals surface area contributed by atoms with Gasteiger partial charge in [0.05, 0.1) is 0 Å². The van der Waals surface area contributed by atoms with E-state index in [2.05, 4.69) is 19.6 Å². The molecule has 2 heteroatoms. The van der Waals surface area contributed by atoms with E-state index >= 15 is 0 Å². The minimum atomic E-state index is -0.0408. The summed E-state index contributed by atoms with van der Waals surface area (Å²) in [6.45, 7) is 6.45. The highest BCUT2D eigenvalue weighted by Crippen LogP contribution is 2.65. The zero-order valence-corrected chi connectivity index (χ0v) is 13.8. The number of carbonyl (C=O) groups is 2. The molecule has 0 aromatic heterocycles. The Morgan fingerprint density at radius 1 is 1.05 bits per heavy atom. The molecule has 22 heavy (non-hydrogen) atoms. The first-order valence-corrected chi connectivity index (χ1v) is 9.20. The zero-order valence-electron chi connectivity index (χ0n) is 13.8. The molecule has 4 rings (SSSR count). The molecule has 0 saturated heterocycles. The van der Waals surface area contributed by atoms with Crippen LogP contribution in [0.2, 0.25) is 0 Å². The van der Waals surface area contributed by atoms with E-state index in [1.165, 1.54) is 19.3 Å². The lowest BCUT2D eigenvalue weighted by Gasteiger charge is -2.59. The molecule has 0 bridgehead atoms. The lowest BCUT2D eigenvalue weighted by atomic mass is 9.45. The highest BCUT2D eigenvalue weighted by Gasteiger charge is 2.60. The second-order valence-electron chi connectivity index (χ2n) is 8.63. The van der Waals surface area contributed by atoms with Crippen LogP contribution < -0.4 is 0 Å². The highest BCUT2D eigenvalue weighted by molar-refractivity contribution is 5.87. The van der Waals surface area contributed by atoms with Crippen molar-refractivity contribution in [1.82, 2.24) is 0 Å². The molecule has 2 unspecified atom stereocenters. The Bertz CT molecular complexity index is 536. The van der Waals surface area contributed by atoms with Crippen LogP contribution in [0.5, 0.6) is 0 Å². The summed E-state index contributed by atoms with van der Waals surface area (Å²) in [7, 11) is 0. The Labute approximate surface area is 133 Å². The molecule has 0 aliphatic heterocycles. The maximum absolute atomic E-state index is 12.4. The van der Waals surface area contributed by atoms with Gasteiger partial charge in [-0.05, 0) is 67.6 Å². The van der Waals surface area contributed by atoms with Crippen LogP contribution in [0.1, 0.15) is 64.7 Å². The first kappa shape index (κ1) is 14.7. The van der Waals surface area contributed by atoms with Crippen LogP contribution in [0.25, 0.3) is 0 Å². The minimum Gasteiger partial charge on any atom is -0.300 e. The summed E-state index contributed by atoms with van der Waals surface area (Å²) in [5.41, 5.74) is 0.143. The fraction of sp³-hybridized carbons (Fsp3) is 0.800. The van der Waals surface area contributed by atoms with Gasteiger partial charge in [-0.2, -0.15) is 0 Å². The van der Waals surface area contributed by atoms with Gasteiger partial charge >= 0.3 is 0 Å². The average Bonchev–Trinajstić information content (AvgIpc) is 2.82. The van der Waals surface area contributed by atoms with Crippen molar-refractivity contribution in [3.05, 3.63) is 12.7 Å². The first-order chi connectivity index (χ1) is 10.5. The summed E-state index contributed by atoms with van der Waals surface area (Å²) in [5.74, 6) is 3.44. The Kier molecular flexibility index (Phi) is 3.19. The molecule has 0 spiro atoms. The van der Waals surface area contributed by atoms with Crippen LogP contribution >= 0.6 is 0 Å². The van der Waals surface area contributed by atoms with Crippen LogP contribution in [0.4, 0.5) is 0 Å². The standard InChI is InChI=1S/C20H28O2/c1-3-20-11-8-14(21)12-13(20)4-5-15-16-6-7-18(22)19(16,2)10-9-17(15)20/h3,13,15-17H,1,4-12H2,2H3/t13-,15-,16?,17?,19-,20-/m0/s1. The van der Waals surface area contributed by atoms with Crippen LogP contribution in [-0.4, -0.2) is 11.6 Å². The number of hydrogen-bond donors (Lipinski definition) is 0. The molecule has 0 N–H and O–H groups in total. The predicted molar refractivity (Wildman–Crippen MR) is 86.3 cm³/mol. The number of Topliss-reactive ketones (excluding diaryl/α,β-unsaturated/α-hetero) is 2. The predicted octanol–water partition coefficient (Wildman–Crippen LogP) is 4.33. The van der Waals surface area contributed by atoms with Gasteiger partial charge in [0.15, 0.2) is 0 Å².